The van der Waals surface area contributed by atoms with Gasteiger partial charge in [-0.25, -0.2) is 0 Å². The van der Waals surface area contributed by atoms with Crippen LogP contribution in [0.15, 0.2) is 0 Å². The van der Waals surface area contributed by atoms with Crippen LogP contribution in [0.5, 0.6) is 0 Å². The molecule has 0 aromatic rings. The molecule has 2 heterocycles. The van der Waals surface area contributed by atoms with Crippen molar-refractivity contribution < 1.29 is 28.7 Å². The van der Waals surface area contributed by atoms with Gasteiger partial charge in [0.05, 0.1) is 11.5 Å². The summed E-state index contributed by atoms with van der Waals surface area (Å²) in [6.45, 7) is 1.35. The molecule has 0 aromatic carbocycles. The first-order valence-corrected chi connectivity index (χ1v) is 8.87. The molecule has 136 valence electrons. The van der Waals surface area contributed by atoms with Crippen LogP contribution >= 0.6 is 0 Å². The molecule has 0 aromatic heterocycles. The quantitative estimate of drug-likeness (QED) is 0.548. The Bertz CT molecular complexity index is 664. The van der Waals surface area contributed by atoms with E-state index in [-0.39, 0.29) is 36.2 Å². The van der Waals surface area contributed by atoms with Crippen molar-refractivity contribution in [1.29, 1.82) is 0 Å². The van der Waals surface area contributed by atoms with Gasteiger partial charge in [0.2, 0.25) is 11.8 Å². The van der Waals surface area contributed by atoms with Crippen LogP contribution in [0, 0.1) is 17.8 Å². The van der Waals surface area contributed by atoms with Crippen molar-refractivity contribution in [2.24, 2.45) is 23.5 Å². The van der Waals surface area contributed by atoms with Gasteiger partial charge in [-0.3, -0.25) is 24.1 Å². The lowest BCUT2D eigenvalue weighted by Crippen LogP contribution is -2.61. The number of fused-ring (bicyclic) bond motifs is 1. The Morgan fingerprint density at radius 2 is 2.12 bits per heavy atom. The molecule has 2 N–H and O–H groups in total. The molecule has 2 aliphatic carbocycles. The summed E-state index contributed by atoms with van der Waals surface area (Å²) in [7, 11) is 0. The van der Waals surface area contributed by atoms with Crippen LogP contribution in [0.2, 0.25) is 0 Å². The molecule has 25 heavy (non-hydrogen) atoms. The largest absolute Gasteiger partial charge is 0.458 e. The third-order valence-corrected chi connectivity index (χ3v) is 6.36. The van der Waals surface area contributed by atoms with Crippen LogP contribution in [0.3, 0.4) is 0 Å². The number of imide groups is 1. The molecule has 6 unspecified atom stereocenters. The zero-order chi connectivity index (χ0) is 17.9. The van der Waals surface area contributed by atoms with Gasteiger partial charge in [-0.15, -0.1) is 0 Å². The molecule has 2 amide bonds. The van der Waals surface area contributed by atoms with Crippen molar-refractivity contribution in [1.82, 2.24) is 4.90 Å². The van der Waals surface area contributed by atoms with Gasteiger partial charge in [-0.1, -0.05) is 6.92 Å². The van der Waals surface area contributed by atoms with E-state index < -0.39 is 36.0 Å². The van der Waals surface area contributed by atoms with Gasteiger partial charge in [0.25, 0.3) is 0 Å². The van der Waals surface area contributed by atoms with Crippen LogP contribution in [0.25, 0.3) is 0 Å². The maximum absolute atomic E-state index is 12.5. The van der Waals surface area contributed by atoms with Gasteiger partial charge in [-0.2, -0.15) is 0 Å². The first kappa shape index (κ1) is 16.5. The van der Waals surface area contributed by atoms with Crippen molar-refractivity contribution in [3.8, 4) is 0 Å². The Morgan fingerprint density at radius 1 is 1.36 bits per heavy atom. The number of hydrogen-bond acceptors (Lipinski definition) is 7. The van der Waals surface area contributed by atoms with E-state index in [4.69, 9.17) is 15.2 Å². The van der Waals surface area contributed by atoms with Crippen LogP contribution < -0.4 is 5.73 Å². The Kier molecular flexibility index (Phi) is 3.64. The molecule has 4 aliphatic rings. The minimum atomic E-state index is -1.10. The van der Waals surface area contributed by atoms with Crippen LogP contribution in [0.1, 0.15) is 39.0 Å². The van der Waals surface area contributed by atoms with E-state index in [0.717, 1.165) is 11.3 Å². The highest BCUT2D eigenvalue weighted by molar-refractivity contribution is 6.04. The standard InChI is InChI=1S/C17H22N2O6/c1-2-17(18)4-3-11(20)19(16(17)23)7-12(21)24-13-8-5-9-10(6-8)15(22)25-14(9)13/h8-10,13-14H,2-7,18H2,1H3. The average Bonchev–Trinajstić information content (AvgIpc) is 3.20. The number of ether oxygens (including phenoxy) is 2. The molecule has 4 fully saturated rings. The molecule has 2 saturated heterocycles. The van der Waals surface area contributed by atoms with Crippen molar-refractivity contribution in [2.75, 3.05) is 6.54 Å². The summed E-state index contributed by atoms with van der Waals surface area (Å²) in [5, 5.41) is 0. The van der Waals surface area contributed by atoms with E-state index in [0.29, 0.717) is 19.3 Å². The summed E-state index contributed by atoms with van der Waals surface area (Å²) in [5.74, 6) is -1.59. The zero-order valence-electron chi connectivity index (χ0n) is 14.1. The summed E-state index contributed by atoms with van der Waals surface area (Å²) in [6, 6.07) is 0. The molecule has 8 nitrogen and oxygen atoms in total. The summed E-state index contributed by atoms with van der Waals surface area (Å²) in [4.78, 5) is 49.5. The van der Waals surface area contributed by atoms with Crippen molar-refractivity contribution in [3.05, 3.63) is 0 Å². The second kappa shape index (κ2) is 5.52. The second-order valence-electron chi connectivity index (χ2n) is 7.65. The van der Waals surface area contributed by atoms with Crippen molar-refractivity contribution >= 4 is 23.8 Å². The van der Waals surface area contributed by atoms with Gasteiger partial charge >= 0.3 is 11.9 Å². The normalized spacial score (nSPS) is 42.1. The lowest BCUT2D eigenvalue weighted by Gasteiger charge is -2.37. The maximum atomic E-state index is 12.5. The van der Waals surface area contributed by atoms with Gasteiger partial charge in [0, 0.05) is 18.3 Å². The molecule has 6 atom stereocenters. The Morgan fingerprint density at radius 3 is 2.84 bits per heavy atom. The van der Waals surface area contributed by atoms with Crippen LogP contribution in [-0.4, -0.2) is 52.9 Å². The highest BCUT2D eigenvalue weighted by atomic mass is 16.6. The molecule has 0 spiro atoms. The third kappa shape index (κ3) is 2.38. The highest BCUT2D eigenvalue weighted by Gasteiger charge is 2.63. The minimum Gasteiger partial charge on any atom is -0.458 e. The Balaban J connectivity index is 1.42. The topological polar surface area (TPSA) is 116 Å². The van der Waals surface area contributed by atoms with E-state index in [1.165, 1.54) is 0 Å². The second-order valence-corrected chi connectivity index (χ2v) is 7.65. The number of piperidine rings is 1. The molecular formula is C17H22N2O6. The van der Waals surface area contributed by atoms with E-state index in [9.17, 15) is 19.2 Å². The molecular weight excluding hydrogens is 328 g/mol. The number of nitrogens with zero attached hydrogens (tertiary/aromatic N) is 1. The molecule has 2 aliphatic heterocycles. The molecule has 0 radical (unpaired) electrons. The fraction of sp³-hybridized carbons (Fsp3) is 0.765. The predicted octanol–water partition coefficient (Wildman–Crippen LogP) is -0.264. The maximum Gasteiger partial charge on any atom is 0.326 e. The van der Waals surface area contributed by atoms with Crippen LogP contribution in [0.4, 0.5) is 0 Å². The number of carbonyl (C=O) groups is 4. The fourth-order valence-electron chi connectivity index (χ4n) is 4.82. The van der Waals surface area contributed by atoms with Gasteiger partial charge < -0.3 is 15.2 Å². The number of amides is 2. The van der Waals surface area contributed by atoms with E-state index in [2.05, 4.69) is 0 Å². The summed E-state index contributed by atoms with van der Waals surface area (Å²) >= 11 is 0. The lowest BCUT2D eigenvalue weighted by atomic mass is 9.86. The summed E-state index contributed by atoms with van der Waals surface area (Å²) in [5.41, 5.74) is 4.95. The molecule has 8 heteroatoms. The number of rotatable bonds is 4. The predicted molar refractivity (Wildman–Crippen MR) is 82.6 cm³/mol. The van der Waals surface area contributed by atoms with Gasteiger partial charge in [0.15, 0.2) is 0 Å². The Labute approximate surface area is 145 Å². The number of esters is 2. The molecule has 2 saturated carbocycles. The monoisotopic (exact) mass is 350 g/mol. The van der Waals surface area contributed by atoms with E-state index in [1.807, 2.05) is 0 Å². The first-order valence-electron chi connectivity index (χ1n) is 8.87. The van der Waals surface area contributed by atoms with Crippen LogP contribution in [-0.2, 0) is 28.7 Å². The fourth-order valence-corrected chi connectivity index (χ4v) is 4.82. The number of likely N-dealkylation sites (tertiary alicyclic amines) is 1. The zero-order valence-corrected chi connectivity index (χ0v) is 14.1. The molecule has 4 rings (SSSR count). The Hall–Kier alpha value is -1.96. The van der Waals surface area contributed by atoms with E-state index in [1.54, 1.807) is 6.92 Å². The number of carbonyl (C=O) groups excluding carboxylic acids is 4. The number of hydrogen-bond donors (Lipinski definition) is 1. The SMILES string of the molecule is CCC1(N)CCC(=O)N(CC(=O)OC2C3CC4C(=O)OC2C4C3)C1=O. The van der Waals surface area contributed by atoms with Crippen molar-refractivity contribution in [3.63, 3.8) is 0 Å². The average molecular weight is 350 g/mol. The first-order chi connectivity index (χ1) is 11.8. The highest BCUT2D eigenvalue weighted by Crippen LogP contribution is 2.55. The summed E-state index contributed by atoms with van der Waals surface area (Å²) in [6.07, 6.45) is 1.49. The lowest BCUT2D eigenvalue weighted by molar-refractivity contribution is -0.168. The minimum absolute atomic E-state index is 0.0578. The molecule has 2 bridgehead atoms. The van der Waals surface area contributed by atoms with Gasteiger partial charge in [0.1, 0.15) is 18.8 Å². The van der Waals surface area contributed by atoms with Crippen molar-refractivity contribution in [2.45, 2.75) is 56.8 Å². The van der Waals surface area contributed by atoms with Gasteiger partial charge in [-0.05, 0) is 25.7 Å². The van der Waals surface area contributed by atoms with E-state index >= 15 is 0 Å². The summed E-state index contributed by atoms with van der Waals surface area (Å²) < 4.78 is 10.9. The third-order valence-electron chi connectivity index (χ3n) is 6.36. The smallest absolute Gasteiger partial charge is 0.326 e. The number of nitrogens with two attached hydrogens (primary N) is 1.